The summed E-state index contributed by atoms with van der Waals surface area (Å²) >= 11 is 0. The molecule has 0 N–H and O–H groups in total. The van der Waals surface area contributed by atoms with E-state index in [1.54, 1.807) is 0 Å². The fourth-order valence-electron chi connectivity index (χ4n) is 3.94. The van der Waals surface area contributed by atoms with Crippen molar-refractivity contribution >= 4 is 11.8 Å². The van der Waals surface area contributed by atoms with E-state index in [-0.39, 0.29) is 36.6 Å². The molecule has 5 nitrogen and oxygen atoms in total. The van der Waals surface area contributed by atoms with Crippen molar-refractivity contribution in [2.24, 2.45) is 0 Å². The van der Waals surface area contributed by atoms with Gasteiger partial charge in [-0.25, -0.2) is 0 Å². The second kappa shape index (κ2) is 9.95. The fraction of sp³-hybridized carbons (Fsp3) is 0.440. The first-order valence-electron chi connectivity index (χ1n) is 11.0. The summed E-state index contributed by atoms with van der Waals surface area (Å²) in [5, 5.41) is 0. The lowest BCUT2D eigenvalue weighted by Crippen LogP contribution is -2.54. The number of carbonyl (C=O) groups is 2. The van der Waals surface area contributed by atoms with E-state index in [0.717, 1.165) is 11.6 Å². The van der Waals surface area contributed by atoms with Crippen molar-refractivity contribution in [2.75, 3.05) is 32.7 Å². The zero-order valence-corrected chi connectivity index (χ0v) is 19.2. The van der Waals surface area contributed by atoms with Crippen molar-refractivity contribution in [2.45, 2.75) is 39.0 Å². The SMILES string of the molecule is CC(C)(C)N(Cc1ccccc1)C(=O)CN1CCN(C(=O)c2ccccc2C(F)(F)F)CC1. The van der Waals surface area contributed by atoms with Crippen molar-refractivity contribution in [3.63, 3.8) is 0 Å². The maximum atomic E-state index is 13.3. The first-order chi connectivity index (χ1) is 15.5. The lowest BCUT2D eigenvalue weighted by atomic mass is 10.0. The third kappa shape index (κ3) is 6.35. The van der Waals surface area contributed by atoms with Gasteiger partial charge >= 0.3 is 6.18 Å². The Kier molecular flexibility index (Phi) is 7.47. The maximum absolute atomic E-state index is 13.3. The molecule has 0 aliphatic carbocycles. The highest BCUT2D eigenvalue weighted by Gasteiger charge is 2.36. The number of piperazine rings is 1. The van der Waals surface area contributed by atoms with Crippen molar-refractivity contribution in [3.05, 3.63) is 71.3 Å². The standard InChI is InChI=1S/C25H30F3N3O2/c1-24(2,3)31(17-19-9-5-4-6-10-19)22(32)18-29-13-15-30(16-14-29)23(33)20-11-7-8-12-21(20)25(26,27)28/h4-12H,13-18H2,1-3H3. The Balaban J connectivity index is 1.62. The molecule has 0 unspecified atom stereocenters. The zero-order chi connectivity index (χ0) is 24.2. The molecular weight excluding hydrogens is 431 g/mol. The molecule has 1 saturated heterocycles. The van der Waals surface area contributed by atoms with Gasteiger partial charge in [0.15, 0.2) is 0 Å². The van der Waals surface area contributed by atoms with Gasteiger partial charge in [0.2, 0.25) is 5.91 Å². The number of carbonyl (C=O) groups excluding carboxylic acids is 2. The summed E-state index contributed by atoms with van der Waals surface area (Å²) in [7, 11) is 0. The van der Waals surface area contributed by atoms with Gasteiger partial charge in [0.1, 0.15) is 0 Å². The fourth-order valence-corrected chi connectivity index (χ4v) is 3.94. The second-order valence-electron chi connectivity index (χ2n) is 9.25. The molecule has 1 heterocycles. The van der Waals surface area contributed by atoms with E-state index < -0.39 is 17.6 Å². The third-order valence-electron chi connectivity index (χ3n) is 5.78. The minimum Gasteiger partial charge on any atom is -0.336 e. The number of hydrogen-bond acceptors (Lipinski definition) is 3. The van der Waals surface area contributed by atoms with Crippen LogP contribution in [0.5, 0.6) is 0 Å². The summed E-state index contributed by atoms with van der Waals surface area (Å²) in [5.41, 5.74) is -0.586. The molecular formula is C25H30F3N3O2. The Morgan fingerprint density at radius 2 is 1.45 bits per heavy atom. The summed E-state index contributed by atoms with van der Waals surface area (Å²) < 4.78 is 39.9. The summed E-state index contributed by atoms with van der Waals surface area (Å²) in [6.45, 7) is 8.05. The molecule has 0 atom stereocenters. The molecule has 2 amide bonds. The highest BCUT2D eigenvalue weighted by molar-refractivity contribution is 5.96. The second-order valence-corrected chi connectivity index (χ2v) is 9.25. The first kappa shape index (κ1) is 24.8. The number of rotatable bonds is 5. The van der Waals surface area contributed by atoms with Crippen LogP contribution in [0.2, 0.25) is 0 Å². The lowest BCUT2D eigenvalue weighted by Gasteiger charge is -2.39. The molecule has 8 heteroatoms. The van der Waals surface area contributed by atoms with E-state index in [0.29, 0.717) is 19.6 Å². The summed E-state index contributed by atoms with van der Waals surface area (Å²) in [6.07, 6.45) is -4.59. The van der Waals surface area contributed by atoms with Gasteiger partial charge in [0, 0.05) is 38.3 Å². The van der Waals surface area contributed by atoms with Gasteiger partial charge in [-0.15, -0.1) is 0 Å². The van der Waals surface area contributed by atoms with Gasteiger partial charge in [-0.05, 0) is 38.5 Å². The largest absolute Gasteiger partial charge is 0.417 e. The van der Waals surface area contributed by atoms with Crippen molar-refractivity contribution in [1.82, 2.24) is 14.7 Å². The molecule has 2 aromatic carbocycles. The van der Waals surface area contributed by atoms with Gasteiger partial charge in [-0.1, -0.05) is 42.5 Å². The molecule has 33 heavy (non-hydrogen) atoms. The van der Waals surface area contributed by atoms with Crippen LogP contribution in [0.4, 0.5) is 13.2 Å². The van der Waals surface area contributed by atoms with Crippen LogP contribution in [0.1, 0.15) is 42.3 Å². The Morgan fingerprint density at radius 1 is 0.879 bits per heavy atom. The predicted octanol–water partition coefficient (Wildman–Crippen LogP) is 4.29. The van der Waals surface area contributed by atoms with Crippen LogP contribution in [0.15, 0.2) is 54.6 Å². The molecule has 1 fully saturated rings. The van der Waals surface area contributed by atoms with Gasteiger partial charge in [-0.2, -0.15) is 13.2 Å². The topological polar surface area (TPSA) is 43.9 Å². The minimum atomic E-state index is -4.59. The van der Waals surface area contributed by atoms with Crippen LogP contribution in [-0.2, 0) is 17.5 Å². The van der Waals surface area contributed by atoms with E-state index in [4.69, 9.17) is 0 Å². The van der Waals surface area contributed by atoms with Gasteiger partial charge in [-0.3, -0.25) is 14.5 Å². The summed E-state index contributed by atoms with van der Waals surface area (Å²) in [6, 6.07) is 14.6. The van der Waals surface area contributed by atoms with Crippen LogP contribution in [-0.4, -0.2) is 64.8 Å². The Hall–Kier alpha value is -2.87. The molecule has 0 aromatic heterocycles. The van der Waals surface area contributed by atoms with Crippen LogP contribution in [0.3, 0.4) is 0 Å². The molecule has 0 spiro atoms. The van der Waals surface area contributed by atoms with E-state index in [1.807, 2.05) is 60.9 Å². The lowest BCUT2D eigenvalue weighted by molar-refractivity contribution is -0.139. The molecule has 0 bridgehead atoms. The van der Waals surface area contributed by atoms with E-state index in [2.05, 4.69) is 0 Å². The van der Waals surface area contributed by atoms with Crippen molar-refractivity contribution < 1.29 is 22.8 Å². The predicted molar refractivity (Wildman–Crippen MR) is 121 cm³/mol. The average molecular weight is 462 g/mol. The number of nitrogens with zero attached hydrogens (tertiary/aromatic N) is 3. The molecule has 2 aromatic rings. The van der Waals surface area contributed by atoms with Crippen molar-refractivity contribution in [3.8, 4) is 0 Å². The van der Waals surface area contributed by atoms with Crippen LogP contribution < -0.4 is 0 Å². The molecule has 1 aliphatic rings. The van der Waals surface area contributed by atoms with Gasteiger partial charge in [0.05, 0.1) is 17.7 Å². The smallest absolute Gasteiger partial charge is 0.336 e. The van der Waals surface area contributed by atoms with Crippen molar-refractivity contribution in [1.29, 1.82) is 0 Å². The zero-order valence-electron chi connectivity index (χ0n) is 19.2. The highest BCUT2D eigenvalue weighted by atomic mass is 19.4. The van der Waals surface area contributed by atoms with Crippen LogP contribution in [0.25, 0.3) is 0 Å². The molecule has 0 saturated carbocycles. The molecule has 1 aliphatic heterocycles. The van der Waals surface area contributed by atoms with E-state index >= 15 is 0 Å². The number of benzene rings is 2. The van der Waals surface area contributed by atoms with Crippen LogP contribution in [0, 0.1) is 0 Å². The van der Waals surface area contributed by atoms with Gasteiger partial charge in [0.25, 0.3) is 5.91 Å². The van der Waals surface area contributed by atoms with Crippen LogP contribution >= 0.6 is 0 Å². The number of hydrogen-bond donors (Lipinski definition) is 0. The maximum Gasteiger partial charge on any atom is 0.417 e. The number of halogens is 3. The molecule has 3 rings (SSSR count). The van der Waals surface area contributed by atoms with E-state index in [9.17, 15) is 22.8 Å². The quantitative estimate of drug-likeness (QED) is 0.667. The summed E-state index contributed by atoms with van der Waals surface area (Å²) in [5.74, 6) is -0.650. The first-order valence-corrected chi connectivity index (χ1v) is 11.0. The van der Waals surface area contributed by atoms with Gasteiger partial charge < -0.3 is 9.80 Å². The average Bonchev–Trinajstić information content (AvgIpc) is 2.77. The normalized spacial score (nSPS) is 15.4. The number of alkyl halides is 3. The minimum absolute atomic E-state index is 0.0199. The van der Waals surface area contributed by atoms with E-state index in [1.165, 1.54) is 23.1 Å². The third-order valence-corrected chi connectivity index (χ3v) is 5.78. The number of amides is 2. The monoisotopic (exact) mass is 461 g/mol. The molecule has 178 valence electrons. The Labute approximate surface area is 192 Å². The Bertz CT molecular complexity index is 963. The Morgan fingerprint density at radius 3 is 2.03 bits per heavy atom. The summed E-state index contributed by atoms with van der Waals surface area (Å²) in [4.78, 5) is 31.1. The molecule has 0 radical (unpaired) electrons. The highest BCUT2D eigenvalue weighted by Crippen LogP contribution is 2.32.